The van der Waals surface area contributed by atoms with Gasteiger partial charge in [0.25, 0.3) is 17.7 Å². The van der Waals surface area contributed by atoms with Gasteiger partial charge in [-0.3, -0.25) is 34.2 Å². The Morgan fingerprint density at radius 3 is 2.27 bits per heavy atom. The van der Waals surface area contributed by atoms with Crippen molar-refractivity contribution in [3.05, 3.63) is 95.1 Å². The van der Waals surface area contributed by atoms with E-state index in [0.29, 0.717) is 18.9 Å². The Hall–Kier alpha value is -5.33. The van der Waals surface area contributed by atoms with Crippen molar-refractivity contribution >= 4 is 40.8 Å². The molecule has 0 spiro atoms. The average Bonchev–Trinajstić information content (AvgIpc) is 3.60. The molecule has 12 heteroatoms. The number of imide groups is 2. The molecular weight excluding hydrogens is 713 g/mol. The normalized spacial score (nSPS) is 23.3. The second-order valence-corrected chi connectivity index (χ2v) is 15.3. The minimum Gasteiger partial charge on any atom is -0.494 e. The van der Waals surface area contributed by atoms with Gasteiger partial charge in [-0.25, -0.2) is 0 Å². The largest absolute Gasteiger partial charge is 0.494 e. The minimum absolute atomic E-state index is 0.0408. The number of ether oxygens (including phenoxy) is 3. The smallest absolute Gasteiger partial charge is 0.262 e. The summed E-state index contributed by atoms with van der Waals surface area (Å²) in [5.41, 5.74) is 4.23. The molecule has 1 saturated carbocycles. The first-order valence-electron chi connectivity index (χ1n) is 19.9. The number of hydrogen-bond donors (Lipinski definition) is 1. The van der Waals surface area contributed by atoms with Crippen molar-refractivity contribution in [2.45, 2.75) is 95.6 Å². The first-order chi connectivity index (χ1) is 27.2. The van der Waals surface area contributed by atoms with Gasteiger partial charge < -0.3 is 24.0 Å². The van der Waals surface area contributed by atoms with E-state index in [1.807, 2.05) is 66.4 Å². The number of anilines is 1. The van der Waals surface area contributed by atoms with Crippen molar-refractivity contribution < 1.29 is 38.2 Å². The zero-order valence-electron chi connectivity index (χ0n) is 31.7. The van der Waals surface area contributed by atoms with Gasteiger partial charge in [-0.05, 0) is 94.0 Å². The fourth-order valence-electron chi connectivity index (χ4n) is 8.40. The number of fused-ring (bicyclic) bond motifs is 2. The van der Waals surface area contributed by atoms with Crippen LogP contribution >= 0.6 is 0 Å². The molecule has 2 saturated heterocycles. The molecule has 0 bridgehead atoms. The number of carbonyl (C=O) groups is 5. The van der Waals surface area contributed by atoms with E-state index in [2.05, 4.69) is 10.2 Å². The third-order valence-corrected chi connectivity index (χ3v) is 11.6. The molecule has 292 valence electrons. The summed E-state index contributed by atoms with van der Waals surface area (Å²) in [5.74, 6) is -0.678. The molecule has 5 aliphatic rings. The van der Waals surface area contributed by atoms with Crippen LogP contribution in [-0.4, -0.2) is 89.9 Å². The summed E-state index contributed by atoms with van der Waals surface area (Å²) < 4.78 is 18.6. The zero-order valence-corrected chi connectivity index (χ0v) is 31.7. The summed E-state index contributed by atoms with van der Waals surface area (Å²) in [6.45, 7) is 6.02. The molecule has 1 atom stereocenters. The van der Waals surface area contributed by atoms with Crippen LogP contribution in [0.1, 0.15) is 96.6 Å². The maximum atomic E-state index is 13.1. The van der Waals surface area contributed by atoms with E-state index < -0.39 is 29.7 Å². The topological polar surface area (TPSA) is 135 Å². The number of unbranched alkanes of at least 4 members (excludes halogenated alkanes) is 2. The first-order valence-corrected chi connectivity index (χ1v) is 19.9. The fraction of sp³-hybridized carbons (Fsp3) is 0.432. The molecule has 3 fully saturated rings. The highest BCUT2D eigenvalue weighted by Crippen LogP contribution is 2.38. The molecule has 56 heavy (non-hydrogen) atoms. The lowest BCUT2D eigenvalue weighted by Crippen LogP contribution is -2.54. The van der Waals surface area contributed by atoms with E-state index in [0.717, 1.165) is 97.6 Å². The van der Waals surface area contributed by atoms with Crippen molar-refractivity contribution in [3.8, 4) is 11.5 Å². The molecule has 5 amide bonds. The number of nitrogens with zero attached hydrogens (tertiary/aromatic N) is 3. The van der Waals surface area contributed by atoms with E-state index in [4.69, 9.17) is 14.2 Å². The number of piperidine rings is 2. The number of likely N-dealkylation sites (tertiary alicyclic amines) is 1. The van der Waals surface area contributed by atoms with E-state index >= 15 is 0 Å². The lowest BCUT2D eigenvalue weighted by Gasteiger charge is -2.40. The maximum Gasteiger partial charge on any atom is 0.262 e. The Balaban J connectivity index is 0.685. The minimum atomic E-state index is -0.982. The van der Waals surface area contributed by atoms with Crippen LogP contribution in [0.4, 0.5) is 5.69 Å². The molecule has 1 unspecified atom stereocenters. The number of amides is 5. The summed E-state index contributed by atoms with van der Waals surface area (Å²) in [4.78, 5) is 68.1. The van der Waals surface area contributed by atoms with E-state index in [9.17, 15) is 24.0 Å². The highest BCUT2D eigenvalue weighted by molar-refractivity contribution is 6.32. The van der Waals surface area contributed by atoms with Gasteiger partial charge in [0.2, 0.25) is 11.8 Å². The SMILES string of the molecule is C/C=C1\C(=O)N(Cc2ccc(O[C@H]3C[C@H](OC4CCN(CCCCCOc5ccc6c(c5)C(=O)N(C5CCC(=O)NC5=O)C6=O)CC4)C3)cc2)c2ccccc21. The first kappa shape index (κ1) is 37.6. The Kier molecular flexibility index (Phi) is 11.0. The van der Waals surface area contributed by atoms with Crippen LogP contribution in [0.15, 0.2) is 72.8 Å². The summed E-state index contributed by atoms with van der Waals surface area (Å²) in [6, 6.07) is 19.9. The highest BCUT2D eigenvalue weighted by atomic mass is 16.5. The number of carbonyl (C=O) groups excluding carboxylic acids is 5. The molecule has 0 radical (unpaired) electrons. The van der Waals surface area contributed by atoms with Crippen molar-refractivity contribution in [1.82, 2.24) is 15.1 Å². The van der Waals surface area contributed by atoms with Crippen LogP contribution in [0.2, 0.25) is 0 Å². The molecule has 12 nitrogen and oxygen atoms in total. The van der Waals surface area contributed by atoms with Gasteiger partial charge in [0, 0.05) is 43.5 Å². The van der Waals surface area contributed by atoms with E-state index in [1.165, 1.54) is 0 Å². The molecule has 3 aromatic carbocycles. The van der Waals surface area contributed by atoms with Crippen LogP contribution in [0, 0.1) is 0 Å². The predicted molar refractivity (Wildman–Crippen MR) is 208 cm³/mol. The Labute approximate surface area is 326 Å². The van der Waals surface area contributed by atoms with Crippen molar-refractivity contribution in [1.29, 1.82) is 0 Å². The number of nitrogens with one attached hydrogen (secondary N) is 1. The van der Waals surface area contributed by atoms with Gasteiger partial charge in [-0.2, -0.15) is 0 Å². The molecule has 1 aliphatic carbocycles. The Morgan fingerprint density at radius 1 is 0.750 bits per heavy atom. The number of allylic oxidation sites excluding steroid dienone is 1. The van der Waals surface area contributed by atoms with Crippen LogP contribution in [0.5, 0.6) is 11.5 Å². The maximum absolute atomic E-state index is 13.1. The average molecular weight is 761 g/mol. The molecular formula is C44H48N4O8. The quantitative estimate of drug-likeness (QED) is 0.125. The molecule has 4 aliphatic heterocycles. The molecule has 1 N–H and O–H groups in total. The van der Waals surface area contributed by atoms with Crippen LogP contribution in [0.25, 0.3) is 5.57 Å². The number of hydrogen-bond acceptors (Lipinski definition) is 9. The van der Waals surface area contributed by atoms with Crippen molar-refractivity contribution in [2.24, 2.45) is 0 Å². The lowest BCUT2D eigenvalue weighted by atomic mass is 9.91. The summed E-state index contributed by atoms with van der Waals surface area (Å²) in [6.07, 6.45) is 9.60. The third kappa shape index (κ3) is 7.85. The van der Waals surface area contributed by atoms with Gasteiger partial charge >= 0.3 is 0 Å². The van der Waals surface area contributed by atoms with Gasteiger partial charge in [-0.15, -0.1) is 0 Å². The van der Waals surface area contributed by atoms with Gasteiger partial charge in [0.15, 0.2) is 0 Å². The molecule has 0 aromatic heterocycles. The number of rotatable bonds is 14. The van der Waals surface area contributed by atoms with Crippen LogP contribution in [0.3, 0.4) is 0 Å². The van der Waals surface area contributed by atoms with Crippen molar-refractivity contribution in [2.75, 3.05) is 31.1 Å². The van der Waals surface area contributed by atoms with Gasteiger partial charge in [0.1, 0.15) is 23.6 Å². The fourth-order valence-corrected chi connectivity index (χ4v) is 8.40. The third-order valence-electron chi connectivity index (χ3n) is 11.6. The second-order valence-electron chi connectivity index (χ2n) is 15.3. The Morgan fingerprint density at radius 2 is 1.50 bits per heavy atom. The van der Waals surface area contributed by atoms with Gasteiger partial charge in [0.05, 0.1) is 42.2 Å². The van der Waals surface area contributed by atoms with Gasteiger partial charge in [-0.1, -0.05) is 36.4 Å². The van der Waals surface area contributed by atoms with E-state index in [1.54, 1.807) is 18.2 Å². The standard InChI is InChI=1S/C44H48N4O8/c1-2-34-35-8-4-5-9-38(35)47(42(34)51)27-28-10-12-29(13-11-28)55-32-24-33(25-32)56-30-18-21-46(22-19-30)20-6-3-7-23-54-31-14-15-36-37(26-31)44(53)48(43(36)52)39-16-17-40(49)45-41(39)50/h2,4-5,8-15,26,30,32-33,39H,3,6-7,16-25,27H2,1H3,(H,45,49,50)/b34-2-/t32-,33-,39?. The number of para-hydroxylation sites is 1. The van der Waals surface area contributed by atoms with Crippen molar-refractivity contribution in [3.63, 3.8) is 0 Å². The van der Waals surface area contributed by atoms with E-state index in [-0.39, 0.29) is 48.2 Å². The second kappa shape index (κ2) is 16.4. The monoisotopic (exact) mass is 760 g/mol. The summed E-state index contributed by atoms with van der Waals surface area (Å²) in [7, 11) is 0. The highest BCUT2D eigenvalue weighted by Gasteiger charge is 2.45. The molecule has 3 aromatic rings. The summed E-state index contributed by atoms with van der Waals surface area (Å²) >= 11 is 0. The summed E-state index contributed by atoms with van der Waals surface area (Å²) in [5, 5.41) is 2.21. The number of benzene rings is 3. The Bertz CT molecular complexity index is 2030. The molecule has 8 rings (SSSR count). The van der Waals surface area contributed by atoms with Crippen LogP contribution in [-0.2, 0) is 25.7 Å². The van der Waals surface area contributed by atoms with Crippen LogP contribution < -0.4 is 19.7 Å². The lowest BCUT2D eigenvalue weighted by molar-refractivity contribution is -0.136. The predicted octanol–water partition coefficient (Wildman–Crippen LogP) is 5.68. The molecule has 4 heterocycles. The zero-order chi connectivity index (χ0) is 38.8.